The minimum absolute atomic E-state index is 0.0784. The van der Waals surface area contributed by atoms with Crippen LogP contribution < -0.4 is 26.2 Å². The van der Waals surface area contributed by atoms with Crippen molar-refractivity contribution < 1.29 is 0 Å². The molecule has 2 heterocycles. The highest BCUT2D eigenvalue weighted by molar-refractivity contribution is 7.01. The molecule has 7 aliphatic rings. The molecule has 0 saturated heterocycles. The summed E-state index contributed by atoms with van der Waals surface area (Å²) in [6.07, 6.45) is 10.5. The number of hydrogen-bond acceptors (Lipinski definition) is 2. The second-order valence-corrected chi connectivity index (χ2v) is 18.3. The van der Waals surface area contributed by atoms with Gasteiger partial charge in [0.2, 0.25) is 0 Å². The summed E-state index contributed by atoms with van der Waals surface area (Å²) in [6, 6.07) is 58.9. The third-order valence-corrected chi connectivity index (χ3v) is 16.0. The number of para-hydroxylation sites is 2. The van der Waals surface area contributed by atoms with Gasteiger partial charge >= 0.3 is 0 Å². The SMILES string of the molecule is c1ccc(N2c3cccc4c3B(c3ccc5c(c3N4c3ccccc3)-c3ccccc3[C@]53CC4CCC3C4)c3c2ccc2c3-c3ccccc3C23CCCC3)cc1. The molecule has 3 fully saturated rings. The fourth-order valence-corrected chi connectivity index (χ4v) is 14.1. The molecule has 5 aliphatic carbocycles. The largest absolute Gasteiger partial charge is 0.311 e. The average molecular weight is 731 g/mol. The van der Waals surface area contributed by atoms with Gasteiger partial charge in [-0.25, -0.2) is 0 Å². The average Bonchev–Trinajstić information content (AvgIpc) is 4.12. The smallest absolute Gasteiger partial charge is 0.252 e. The van der Waals surface area contributed by atoms with Crippen molar-refractivity contribution in [2.24, 2.45) is 11.8 Å². The lowest BCUT2D eigenvalue weighted by Gasteiger charge is -2.46. The van der Waals surface area contributed by atoms with Crippen LogP contribution in [-0.2, 0) is 10.8 Å². The van der Waals surface area contributed by atoms with Gasteiger partial charge in [0.1, 0.15) is 0 Å². The molecule has 3 atom stereocenters. The Hall–Kier alpha value is -5.80. The molecule has 7 aromatic rings. The molecule has 2 bridgehead atoms. The second kappa shape index (κ2) is 11.0. The van der Waals surface area contributed by atoms with Crippen LogP contribution in [-0.4, -0.2) is 6.71 Å². The van der Waals surface area contributed by atoms with E-state index in [1.165, 1.54) is 124 Å². The molecular weight excluding hydrogens is 687 g/mol. The summed E-state index contributed by atoms with van der Waals surface area (Å²) in [5, 5.41) is 0. The van der Waals surface area contributed by atoms with Crippen LogP contribution in [0.5, 0.6) is 0 Å². The zero-order chi connectivity index (χ0) is 37.0. The summed E-state index contributed by atoms with van der Waals surface area (Å²) in [6.45, 7) is 0.0784. The Kier molecular flexibility index (Phi) is 6.03. The predicted octanol–water partition coefficient (Wildman–Crippen LogP) is 11.7. The summed E-state index contributed by atoms with van der Waals surface area (Å²) < 4.78 is 0. The Labute approximate surface area is 335 Å². The fraction of sp³-hybridized carbons (Fsp3) is 0.222. The maximum Gasteiger partial charge on any atom is 0.252 e. The maximum absolute atomic E-state index is 2.68. The van der Waals surface area contributed by atoms with Crippen LogP contribution >= 0.6 is 0 Å². The molecule has 0 radical (unpaired) electrons. The lowest BCUT2D eigenvalue weighted by atomic mass is 9.32. The molecule has 2 spiro atoms. The van der Waals surface area contributed by atoms with Crippen molar-refractivity contribution in [1.82, 2.24) is 0 Å². The van der Waals surface area contributed by atoms with Gasteiger partial charge in [0.05, 0.1) is 0 Å². The summed E-state index contributed by atoms with van der Waals surface area (Å²) in [5.74, 6) is 1.55. The Balaban J connectivity index is 1.14. The van der Waals surface area contributed by atoms with Gasteiger partial charge in [0.25, 0.3) is 6.71 Å². The van der Waals surface area contributed by atoms with Gasteiger partial charge in [0.15, 0.2) is 0 Å². The van der Waals surface area contributed by atoms with E-state index < -0.39 is 0 Å². The maximum atomic E-state index is 2.68. The van der Waals surface area contributed by atoms with Crippen LogP contribution in [0.4, 0.5) is 34.1 Å². The Bertz CT molecular complexity index is 2850. The summed E-state index contributed by atoms with van der Waals surface area (Å²) in [7, 11) is 0. The van der Waals surface area contributed by atoms with Gasteiger partial charge < -0.3 is 9.80 Å². The van der Waals surface area contributed by atoms with E-state index in [-0.39, 0.29) is 17.5 Å². The Morgan fingerprint density at radius 3 is 1.84 bits per heavy atom. The van der Waals surface area contributed by atoms with Crippen molar-refractivity contribution in [2.75, 3.05) is 9.80 Å². The molecule has 2 nitrogen and oxygen atoms in total. The first-order chi connectivity index (χ1) is 28.3. The highest BCUT2D eigenvalue weighted by Gasteiger charge is 2.59. The van der Waals surface area contributed by atoms with E-state index >= 15 is 0 Å². The monoisotopic (exact) mass is 730 g/mol. The zero-order valence-electron chi connectivity index (χ0n) is 32.2. The van der Waals surface area contributed by atoms with Crippen LogP contribution in [0, 0.1) is 11.8 Å². The fourth-order valence-electron chi connectivity index (χ4n) is 14.1. The highest BCUT2D eigenvalue weighted by Crippen LogP contribution is 2.67. The summed E-state index contributed by atoms with van der Waals surface area (Å²) in [5.41, 5.74) is 24.5. The molecule has 3 saturated carbocycles. The van der Waals surface area contributed by atoms with Gasteiger partial charge in [-0.15, -0.1) is 0 Å². The van der Waals surface area contributed by atoms with Crippen LogP contribution in [0.15, 0.2) is 152 Å². The van der Waals surface area contributed by atoms with E-state index in [0.717, 1.165) is 5.92 Å². The topological polar surface area (TPSA) is 6.48 Å². The van der Waals surface area contributed by atoms with Gasteiger partial charge in [-0.2, -0.15) is 0 Å². The number of rotatable bonds is 2. The van der Waals surface area contributed by atoms with Gasteiger partial charge in [-0.3, -0.25) is 0 Å². The van der Waals surface area contributed by atoms with Crippen molar-refractivity contribution >= 4 is 57.2 Å². The lowest BCUT2D eigenvalue weighted by Crippen LogP contribution is -2.62. The molecule has 7 aromatic carbocycles. The quantitative estimate of drug-likeness (QED) is 0.163. The first kappa shape index (κ1) is 31.3. The molecule has 14 rings (SSSR count). The zero-order valence-corrected chi connectivity index (χ0v) is 32.2. The van der Waals surface area contributed by atoms with Crippen molar-refractivity contribution in [1.29, 1.82) is 0 Å². The number of nitrogens with zero attached hydrogens (tertiary/aromatic N) is 2. The van der Waals surface area contributed by atoms with E-state index in [1.54, 1.807) is 22.3 Å². The predicted molar refractivity (Wildman–Crippen MR) is 237 cm³/mol. The number of anilines is 6. The Morgan fingerprint density at radius 2 is 1.12 bits per heavy atom. The van der Waals surface area contributed by atoms with Crippen molar-refractivity contribution in [3.8, 4) is 22.3 Å². The van der Waals surface area contributed by atoms with E-state index in [9.17, 15) is 0 Å². The number of fused-ring (bicyclic) bond motifs is 19. The van der Waals surface area contributed by atoms with E-state index in [1.807, 2.05) is 0 Å². The highest BCUT2D eigenvalue weighted by atomic mass is 15.2. The van der Waals surface area contributed by atoms with Crippen molar-refractivity contribution in [2.45, 2.75) is 62.2 Å². The summed E-state index contributed by atoms with van der Waals surface area (Å²) in [4.78, 5) is 5.27. The molecule has 0 aromatic heterocycles. The minimum atomic E-state index is 0.0784. The van der Waals surface area contributed by atoms with Crippen LogP contribution in [0.1, 0.15) is 73.6 Å². The third-order valence-electron chi connectivity index (χ3n) is 16.0. The molecule has 0 N–H and O–H groups in total. The first-order valence-electron chi connectivity index (χ1n) is 21.6. The first-order valence-corrected chi connectivity index (χ1v) is 21.6. The van der Waals surface area contributed by atoms with Gasteiger partial charge in [-0.05, 0) is 142 Å². The molecular formula is C54H43BN2. The normalized spacial score (nSPS) is 23.0. The number of hydrogen-bond donors (Lipinski definition) is 0. The van der Waals surface area contributed by atoms with E-state index in [4.69, 9.17) is 0 Å². The van der Waals surface area contributed by atoms with E-state index in [2.05, 4.69) is 161 Å². The van der Waals surface area contributed by atoms with Gasteiger partial charge in [0, 0.05) is 50.5 Å². The molecule has 2 aliphatic heterocycles. The molecule has 57 heavy (non-hydrogen) atoms. The van der Waals surface area contributed by atoms with E-state index in [0.29, 0.717) is 5.92 Å². The van der Waals surface area contributed by atoms with Crippen molar-refractivity contribution in [3.05, 3.63) is 174 Å². The van der Waals surface area contributed by atoms with Crippen LogP contribution in [0.2, 0.25) is 0 Å². The van der Waals surface area contributed by atoms with Crippen molar-refractivity contribution in [3.63, 3.8) is 0 Å². The number of benzene rings is 7. The molecule has 2 unspecified atom stereocenters. The van der Waals surface area contributed by atoms with Crippen LogP contribution in [0.3, 0.4) is 0 Å². The minimum Gasteiger partial charge on any atom is -0.311 e. The Morgan fingerprint density at radius 1 is 0.491 bits per heavy atom. The molecule has 3 heteroatoms. The van der Waals surface area contributed by atoms with Gasteiger partial charge in [-0.1, -0.05) is 128 Å². The van der Waals surface area contributed by atoms with Crippen LogP contribution in [0.25, 0.3) is 22.3 Å². The third kappa shape index (κ3) is 3.72. The molecule has 0 amide bonds. The molecule has 272 valence electrons. The standard InChI is InChI=1S/C54H43BN2/c1-3-14-36(15-4-1)56-45-22-13-23-46-50(45)55(51-47(56)29-27-42-48(51)38-18-7-9-20-40(38)53(42)30-11-12-31-53)44-28-26-43-49(52(44)57(46)37-16-5-2-6-17-37)39-19-8-10-21-41(39)54(43)33-34-24-25-35(54)32-34/h1-10,13-23,26-29,34-35H,11-12,24-25,30-33H2/t34?,35?,54-/m1/s1. The summed E-state index contributed by atoms with van der Waals surface area (Å²) >= 11 is 0. The second-order valence-electron chi connectivity index (χ2n) is 18.3. The lowest BCUT2D eigenvalue weighted by molar-refractivity contribution is 0.327.